The number of hydrogen-bond acceptors (Lipinski definition) is 4. The van der Waals surface area contributed by atoms with Crippen molar-refractivity contribution in [1.29, 1.82) is 0 Å². The molecule has 0 spiro atoms. The van der Waals surface area contributed by atoms with Gasteiger partial charge in [0.25, 0.3) is 0 Å². The molecule has 1 aromatic heterocycles. The first-order valence-corrected chi connectivity index (χ1v) is 9.52. The molecule has 1 heterocycles. The molecule has 0 saturated carbocycles. The number of methoxy groups -OCH3 is 1. The summed E-state index contributed by atoms with van der Waals surface area (Å²) in [5.74, 6) is 0.192. The third kappa shape index (κ3) is 6.08. The van der Waals surface area contributed by atoms with E-state index in [-0.39, 0.29) is 18.3 Å². The number of alkyl halides is 3. The summed E-state index contributed by atoms with van der Waals surface area (Å²) in [6, 6.07) is 4.44. The normalized spacial score (nSPS) is 13.3. The first-order valence-electron chi connectivity index (χ1n) is 8.64. The van der Waals surface area contributed by atoms with Crippen LogP contribution in [0, 0.1) is 5.82 Å². The van der Waals surface area contributed by atoms with Crippen LogP contribution >= 0.6 is 11.3 Å². The number of aliphatic imine (C=N–C) groups is 1. The van der Waals surface area contributed by atoms with Crippen LogP contribution in [0.4, 0.5) is 17.6 Å². The van der Waals surface area contributed by atoms with Crippen LogP contribution in [0.5, 0.6) is 5.75 Å². The average Bonchev–Trinajstić information content (AvgIpc) is 3.11. The lowest BCUT2D eigenvalue weighted by Crippen LogP contribution is -2.38. The van der Waals surface area contributed by atoms with Crippen molar-refractivity contribution in [2.24, 2.45) is 4.99 Å². The Bertz CT molecular complexity index is 807. The number of nitrogens with zero attached hydrogens (tertiary/aromatic N) is 2. The second-order valence-corrected chi connectivity index (χ2v) is 6.84. The van der Waals surface area contributed by atoms with Crippen molar-refractivity contribution >= 4 is 17.3 Å². The van der Waals surface area contributed by atoms with Crippen molar-refractivity contribution in [1.82, 2.24) is 15.6 Å². The standard InChI is InChI=1S/C18H22F4N4OS/c1-4-23-17(24-8-7-16-26-15(10-28-16)18(20,21)22)25-11(2)12-5-6-14(27-3)13(19)9-12/h5-6,9-11H,4,7-8H2,1-3H3,(H2,23,24,25). The Morgan fingerprint density at radius 3 is 2.68 bits per heavy atom. The van der Waals surface area contributed by atoms with Gasteiger partial charge in [0.1, 0.15) is 0 Å². The average molecular weight is 418 g/mol. The molecular formula is C18H22F4N4OS. The molecular weight excluding hydrogens is 396 g/mol. The van der Waals surface area contributed by atoms with E-state index in [4.69, 9.17) is 4.74 Å². The predicted octanol–water partition coefficient (Wildman–Crippen LogP) is 4.17. The molecule has 0 radical (unpaired) electrons. The molecule has 1 aromatic carbocycles. The van der Waals surface area contributed by atoms with Crippen molar-refractivity contribution in [3.8, 4) is 5.75 Å². The fourth-order valence-corrected chi connectivity index (χ4v) is 3.17. The molecule has 10 heteroatoms. The minimum atomic E-state index is -4.43. The SMILES string of the molecule is CCNC(=NCCc1nc(C(F)(F)F)cs1)NC(C)c1ccc(OC)c(F)c1. The fourth-order valence-electron chi connectivity index (χ4n) is 2.38. The van der Waals surface area contributed by atoms with Gasteiger partial charge >= 0.3 is 6.18 Å². The number of nitrogens with one attached hydrogen (secondary N) is 2. The smallest absolute Gasteiger partial charge is 0.434 e. The van der Waals surface area contributed by atoms with Crippen LogP contribution in [-0.2, 0) is 12.6 Å². The van der Waals surface area contributed by atoms with Gasteiger partial charge in [-0.1, -0.05) is 6.07 Å². The van der Waals surface area contributed by atoms with E-state index in [0.717, 1.165) is 16.7 Å². The number of halogens is 4. The molecule has 0 aliphatic heterocycles. The van der Waals surface area contributed by atoms with E-state index >= 15 is 0 Å². The Morgan fingerprint density at radius 2 is 2.11 bits per heavy atom. The number of hydrogen-bond donors (Lipinski definition) is 2. The molecule has 28 heavy (non-hydrogen) atoms. The lowest BCUT2D eigenvalue weighted by Gasteiger charge is -2.18. The van der Waals surface area contributed by atoms with E-state index in [1.54, 1.807) is 12.1 Å². The molecule has 2 rings (SSSR count). The zero-order valence-electron chi connectivity index (χ0n) is 15.7. The highest BCUT2D eigenvalue weighted by Crippen LogP contribution is 2.30. The van der Waals surface area contributed by atoms with Gasteiger partial charge in [-0.15, -0.1) is 11.3 Å². The molecule has 0 bridgehead atoms. The second kappa shape index (κ2) is 9.72. The Kier molecular flexibility index (Phi) is 7.61. The maximum atomic E-state index is 13.9. The molecule has 2 aromatic rings. The van der Waals surface area contributed by atoms with E-state index in [1.165, 1.54) is 13.2 Å². The first-order chi connectivity index (χ1) is 13.2. The largest absolute Gasteiger partial charge is 0.494 e. The molecule has 5 nitrogen and oxygen atoms in total. The van der Waals surface area contributed by atoms with Crippen molar-refractivity contribution in [2.75, 3.05) is 20.2 Å². The molecule has 1 unspecified atom stereocenters. The molecule has 154 valence electrons. The molecule has 0 aliphatic carbocycles. The number of guanidine groups is 1. The van der Waals surface area contributed by atoms with E-state index in [1.807, 2.05) is 13.8 Å². The van der Waals surface area contributed by atoms with Gasteiger partial charge in [0.2, 0.25) is 0 Å². The van der Waals surface area contributed by atoms with E-state index in [0.29, 0.717) is 29.5 Å². The molecule has 0 saturated heterocycles. The van der Waals surface area contributed by atoms with Crippen molar-refractivity contribution in [3.63, 3.8) is 0 Å². The minimum absolute atomic E-state index is 0.165. The van der Waals surface area contributed by atoms with Crippen molar-refractivity contribution in [3.05, 3.63) is 45.7 Å². The zero-order chi connectivity index (χ0) is 20.7. The Balaban J connectivity index is 1.99. The van der Waals surface area contributed by atoms with E-state index in [2.05, 4.69) is 20.6 Å². The summed E-state index contributed by atoms with van der Waals surface area (Å²) in [6.45, 7) is 4.62. The minimum Gasteiger partial charge on any atom is -0.494 e. The summed E-state index contributed by atoms with van der Waals surface area (Å²) in [5, 5.41) is 7.58. The second-order valence-electron chi connectivity index (χ2n) is 5.89. The van der Waals surface area contributed by atoms with Crippen molar-refractivity contribution in [2.45, 2.75) is 32.5 Å². The van der Waals surface area contributed by atoms with Gasteiger partial charge < -0.3 is 15.4 Å². The zero-order valence-corrected chi connectivity index (χ0v) is 16.5. The van der Waals surface area contributed by atoms with Gasteiger partial charge in [-0.25, -0.2) is 9.37 Å². The predicted molar refractivity (Wildman–Crippen MR) is 101 cm³/mol. The number of aromatic nitrogens is 1. The fraction of sp³-hybridized carbons (Fsp3) is 0.444. The molecule has 0 fully saturated rings. The highest BCUT2D eigenvalue weighted by atomic mass is 32.1. The summed E-state index contributed by atoms with van der Waals surface area (Å²) in [5.41, 5.74) is -0.171. The lowest BCUT2D eigenvalue weighted by molar-refractivity contribution is -0.140. The third-order valence-corrected chi connectivity index (χ3v) is 4.72. The summed E-state index contributed by atoms with van der Waals surface area (Å²) >= 11 is 0.963. The van der Waals surface area contributed by atoms with Gasteiger partial charge in [0.15, 0.2) is 23.2 Å². The van der Waals surface area contributed by atoms with Crippen LogP contribution in [0.3, 0.4) is 0 Å². The molecule has 1 atom stereocenters. The van der Waals surface area contributed by atoms with Crippen LogP contribution < -0.4 is 15.4 Å². The lowest BCUT2D eigenvalue weighted by atomic mass is 10.1. The van der Waals surface area contributed by atoms with Gasteiger partial charge in [0.05, 0.1) is 18.2 Å². The highest BCUT2D eigenvalue weighted by molar-refractivity contribution is 7.09. The number of rotatable bonds is 7. The van der Waals surface area contributed by atoms with Crippen LogP contribution in [0.25, 0.3) is 0 Å². The summed E-state index contributed by atoms with van der Waals surface area (Å²) in [7, 11) is 1.40. The summed E-state index contributed by atoms with van der Waals surface area (Å²) in [4.78, 5) is 7.95. The number of ether oxygens (including phenoxy) is 1. The van der Waals surface area contributed by atoms with Crippen LogP contribution in [0.2, 0.25) is 0 Å². The maximum absolute atomic E-state index is 13.9. The maximum Gasteiger partial charge on any atom is 0.434 e. The first kappa shape index (κ1) is 21.9. The highest BCUT2D eigenvalue weighted by Gasteiger charge is 2.33. The van der Waals surface area contributed by atoms with Gasteiger partial charge in [-0.2, -0.15) is 13.2 Å². The Labute approximate surface area is 164 Å². The van der Waals surface area contributed by atoms with Crippen LogP contribution in [-0.4, -0.2) is 31.1 Å². The molecule has 0 aliphatic rings. The van der Waals surface area contributed by atoms with Gasteiger partial charge in [-0.05, 0) is 31.5 Å². The van der Waals surface area contributed by atoms with Crippen LogP contribution in [0.15, 0.2) is 28.6 Å². The third-order valence-electron chi connectivity index (χ3n) is 3.81. The van der Waals surface area contributed by atoms with Gasteiger partial charge in [0, 0.05) is 24.9 Å². The number of benzene rings is 1. The van der Waals surface area contributed by atoms with Crippen LogP contribution in [0.1, 0.15) is 36.2 Å². The number of thiazole rings is 1. The molecule has 0 amide bonds. The van der Waals surface area contributed by atoms with Crippen molar-refractivity contribution < 1.29 is 22.3 Å². The topological polar surface area (TPSA) is 58.5 Å². The monoisotopic (exact) mass is 418 g/mol. The summed E-state index contributed by atoms with van der Waals surface area (Å²) < 4.78 is 56.6. The Morgan fingerprint density at radius 1 is 1.36 bits per heavy atom. The quantitative estimate of drug-likeness (QED) is 0.403. The van der Waals surface area contributed by atoms with Gasteiger partial charge in [-0.3, -0.25) is 4.99 Å². The summed E-state index contributed by atoms with van der Waals surface area (Å²) in [6.07, 6.45) is -4.14. The Hall–Kier alpha value is -2.36. The van der Waals surface area contributed by atoms with E-state index < -0.39 is 17.7 Å². The molecule has 2 N–H and O–H groups in total. The van der Waals surface area contributed by atoms with E-state index in [9.17, 15) is 17.6 Å².